The minimum Gasteiger partial charge on any atom is -0.398 e. The number of amides is 1. The fraction of sp³-hybridized carbons (Fsp3) is 0.316. The highest BCUT2D eigenvalue weighted by Crippen LogP contribution is 2.22. The standard InChI is InChI=1S/C19H23FN2O/c1-19(2,3)12-11-13-7-9-14(10-8-13)22-18(23)17-15(20)5-4-6-16(17)21/h4-10H,11-12,21H2,1-3H3,(H,22,23). The molecule has 1 amide bonds. The van der Waals surface area contributed by atoms with Gasteiger partial charge in [0.15, 0.2) is 0 Å². The summed E-state index contributed by atoms with van der Waals surface area (Å²) in [6, 6.07) is 11.8. The zero-order valence-corrected chi connectivity index (χ0v) is 13.8. The first kappa shape index (κ1) is 17.0. The van der Waals surface area contributed by atoms with Crippen LogP contribution in [-0.4, -0.2) is 5.91 Å². The molecule has 0 aliphatic carbocycles. The Hall–Kier alpha value is -2.36. The molecule has 0 spiro atoms. The number of carbonyl (C=O) groups is 1. The van der Waals surface area contributed by atoms with Gasteiger partial charge in [-0.2, -0.15) is 0 Å². The minimum absolute atomic E-state index is 0.121. The van der Waals surface area contributed by atoms with Gasteiger partial charge in [-0.05, 0) is 48.1 Å². The number of hydrogen-bond acceptors (Lipinski definition) is 2. The normalized spacial score (nSPS) is 11.3. The molecule has 122 valence electrons. The Labute approximate surface area is 136 Å². The quantitative estimate of drug-likeness (QED) is 0.808. The molecule has 0 fully saturated rings. The molecular formula is C19H23FN2O. The molecule has 0 aromatic heterocycles. The van der Waals surface area contributed by atoms with Gasteiger partial charge in [0.25, 0.3) is 5.91 Å². The molecule has 2 rings (SSSR count). The highest BCUT2D eigenvalue weighted by molar-refractivity contribution is 6.07. The Bertz CT molecular complexity index is 667. The molecule has 0 unspecified atom stereocenters. The van der Waals surface area contributed by atoms with Crippen LogP contribution in [0.4, 0.5) is 15.8 Å². The first-order chi connectivity index (χ1) is 10.8. The Kier molecular flexibility index (Phi) is 5.04. The van der Waals surface area contributed by atoms with Gasteiger partial charge in [-0.1, -0.05) is 39.0 Å². The minimum atomic E-state index is -0.621. The SMILES string of the molecule is CC(C)(C)CCc1ccc(NC(=O)c2c(N)cccc2F)cc1. The lowest BCUT2D eigenvalue weighted by Crippen LogP contribution is -2.16. The average Bonchev–Trinajstić information content (AvgIpc) is 2.45. The van der Waals surface area contributed by atoms with E-state index in [1.807, 2.05) is 24.3 Å². The van der Waals surface area contributed by atoms with Crippen molar-refractivity contribution in [2.45, 2.75) is 33.6 Å². The van der Waals surface area contributed by atoms with Gasteiger partial charge in [-0.25, -0.2) is 4.39 Å². The van der Waals surface area contributed by atoms with E-state index in [0.717, 1.165) is 12.8 Å². The highest BCUT2D eigenvalue weighted by Gasteiger charge is 2.15. The van der Waals surface area contributed by atoms with Crippen molar-refractivity contribution >= 4 is 17.3 Å². The number of nitrogens with one attached hydrogen (secondary N) is 1. The van der Waals surface area contributed by atoms with Crippen LogP contribution in [0.3, 0.4) is 0 Å². The predicted molar refractivity (Wildman–Crippen MR) is 93.0 cm³/mol. The Morgan fingerprint density at radius 2 is 1.78 bits per heavy atom. The summed E-state index contributed by atoms with van der Waals surface area (Å²) in [7, 11) is 0. The maximum atomic E-state index is 13.7. The highest BCUT2D eigenvalue weighted by atomic mass is 19.1. The summed E-state index contributed by atoms with van der Waals surface area (Å²) in [5.74, 6) is -1.16. The molecule has 0 aliphatic heterocycles. The molecule has 0 aliphatic rings. The summed E-state index contributed by atoms with van der Waals surface area (Å²) in [5.41, 5.74) is 7.81. The number of nitrogens with two attached hydrogens (primary N) is 1. The third kappa shape index (κ3) is 4.81. The van der Waals surface area contributed by atoms with Crippen LogP contribution in [0.1, 0.15) is 43.1 Å². The second kappa shape index (κ2) is 6.82. The predicted octanol–water partition coefficient (Wildman–Crippen LogP) is 4.64. The van der Waals surface area contributed by atoms with Crippen LogP contribution < -0.4 is 11.1 Å². The summed E-state index contributed by atoms with van der Waals surface area (Å²) >= 11 is 0. The largest absolute Gasteiger partial charge is 0.398 e. The molecule has 0 bridgehead atoms. The van der Waals surface area contributed by atoms with Crippen molar-refractivity contribution in [3.05, 3.63) is 59.4 Å². The second-order valence-electron chi connectivity index (χ2n) is 6.92. The summed E-state index contributed by atoms with van der Waals surface area (Å²) in [6.45, 7) is 6.63. The number of nitrogen functional groups attached to an aromatic ring is 1. The maximum Gasteiger partial charge on any atom is 0.260 e. The lowest BCUT2D eigenvalue weighted by Gasteiger charge is -2.17. The zero-order chi connectivity index (χ0) is 17.0. The van der Waals surface area contributed by atoms with Crippen molar-refractivity contribution in [3.63, 3.8) is 0 Å². The van der Waals surface area contributed by atoms with Gasteiger partial charge >= 0.3 is 0 Å². The van der Waals surface area contributed by atoms with Gasteiger partial charge in [0.2, 0.25) is 0 Å². The van der Waals surface area contributed by atoms with Gasteiger partial charge in [0, 0.05) is 11.4 Å². The fourth-order valence-corrected chi connectivity index (χ4v) is 2.25. The topological polar surface area (TPSA) is 55.1 Å². The molecule has 0 atom stereocenters. The molecule has 2 aromatic carbocycles. The molecule has 23 heavy (non-hydrogen) atoms. The van der Waals surface area contributed by atoms with E-state index in [-0.39, 0.29) is 16.7 Å². The maximum absolute atomic E-state index is 13.7. The van der Waals surface area contributed by atoms with Crippen molar-refractivity contribution in [2.75, 3.05) is 11.1 Å². The first-order valence-corrected chi connectivity index (χ1v) is 7.70. The first-order valence-electron chi connectivity index (χ1n) is 7.70. The number of benzene rings is 2. The molecule has 3 nitrogen and oxygen atoms in total. The molecule has 0 radical (unpaired) electrons. The van der Waals surface area contributed by atoms with Crippen LogP contribution in [0.15, 0.2) is 42.5 Å². The second-order valence-corrected chi connectivity index (χ2v) is 6.92. The van der Waals surface area contributed by atoms with E-state index in [0.29, 0.717) is 5.69 Å². The molecule has 4 heteroatoms. The average molecular weight is 314 g/mol. The van der Waals surface area contributed by atoms with Crippen LogP contribution in [0.2, 0.25) is 0 Å². The van der Waals surface area contributed by atoms with Gasteiger partial charge in [0.1, 0.15) is 5.82 Å². The Morgan fingerprint density at radius 3 is 2.35 bits per heavy atom. The Morgan fingerprint density at radius 1 is 1.13 bits per heavy atom. The molecule has 0 heterocycles. The lowest BCUT2D eigenvalue weighted by molar-refractivity contribution is 0.102. The van der Waals surface area contributed by atoms with Gasteiger partial charge in [-0.15, -0.1) is 0 Å². The van der Waals surface area contributed by atoms with Crippen LogP contribution in [0, 0.1) is 11.2 Å². The monoisotopic (exact) mass is 314 g/mol. The van der Waals surface area contributed by atoms with Crippen molar-refractivity contribution < 1.29 is 9.18 Å². The number of hydrogen-bond donors (Lipinski definition) is 2. The van der Waals surface area contributed by atoms with E-state index in [4.69, 9.17) is 5.73 Å². The zero-order valence-electron chi connectivity index (χ0n) is 13.8. The van der Waals surface area contributed by atoms with Gasteiger partial charge in [-0.3, -0.25) is 4.79 Å². The van der Waals surface area contributed by atoms with Gasteiger partial charge < -0.3 is 11.1 Å². The van der Waals surface area contributed by atoms with E-state index in [1.165, 1.54) is 23.8 Å². The number of carbonyl (C=O) groups excluding carboxylic acids is 1. The third-order valence-electron chi connectivity index (χ3n) is 3.65. The van der Waals surface area contributed by atoms with Crippen LogP contribution in [0.5, 0.6) is 0 Å². The molecule has 2 aromatic rings. The van der Waals surface area contributed by atoms with E-state index < -0.39 is 11.7 Å². The van der Waals surface area contributed by atoms with Crippen molar-refractivity contribution in [1.29, 1.82) is 0 Å². The number of aryl methyl sites for hydroxylation is 1. The molecule has 0 saturated carbocycles. The molecular weight excluding hydrogens is 291 g/mol. The van der Waals surface area contributed by atoms with E-state index in [9.17, 15) is 9.18 Å². The Balaban J connectivity index is 2.05. The molecule has 0 saturated heterocycles. The van der Waals surface area contributed by atoms with Crippen LogP contribution >= 0.6 is 0 Å². The van der Waals surface area contributed by atoms with Crippen molar-refractivity contribution in [2.24, 2.45) is 5.41 Å². The van der Waals surface area contributed by atoms with Crippen molar-refractivity contribution in [1.82, 2.24) is 0 Å². The van der Waals surface area contributed by atoms with Crippen molar-refractivity contribution in [3.8, 4) is 0 Å². The van der Waals surface area contributed by atoms with E-state index in [1.54, 1.807) is 0 Å². The summed E-state index contributed by atoms with van der Waals surface area (Å²) in [4.78, 5) is 12.2. The third-order valence-corrected chi connectivity index (χ3v) is 3.65. The van der Waals surface area contributed by atoms with E-state index >= 15 is 0 Å². The summed E-state index contributed by atoms with van der Waals surface area (Å²) in [5, 5.41) is 2.68. The van der Waals surface area contributed by atoms with Crippen LogP contribution in [0.25, 0.3) is 0 Å². The van der Waals surface area contributed by atoms with E-state index in [2.05, 4.69) is 26.1 Å². The molecule has 3 N–H and O–H groups in total. The fourth-order valence-electron chi connectivity index (χ4n) is 2.25. The number of anilines is 2. The number of rotatable bonds is 4. The number of halogens is 1. The summed E-state index contributed by atoms with van der Waals surface area (Å²) in [6.07, 6.45) is 2.07. The summed E-state index contributed by atoms with van der Waals surface area (Å²) < 4.78 is 13.7. The van der Waals surface area contributed by atoms with Crippen LogP contribution in [-0.2, 0) is 6.42 Å². The smallest absolute Gasteiger partial charge is 0.260 e. The van der Waals surface area contributed by atoms with Gasteiger partial charge in [0.05, 0.1) is 5.56 Å². The lowest BCUT2D eigenvalue weighted by atomic mass is 9.89.